The van der Waals surface area contributed by atoms with E-state index in [1.165, 1.54) is 6.07 Å². The summed E-state index contributed by atoms with van der Waals surface area (Å²) in [7, 11) is 1.70. The summed E-state index contributed by atoms with van der Waals surface area (Å²) in [5.74, 6) is -0.745. The molecular formula is C11H18N4O2. The van der Waals surface area contributed by atoms with Crippen LogP contribution in [-0.2, 0) is 7.05 Å². The summed E-state index contributed by atoms with van der Waals surface area (Å²) in [4.78, 5) is 22.7. The minimum Gasteiger partial charge on any atom is -0.366 e. The first-order valence-corrected chi connectivity index (χ1v) is 5.51. The molecule has 0 fully saturated rings. The van der Waals surface area contributed by atoms with E-state index < -0.39 is 5.91 Å². The number of amides is 2. The molecule has 0 aromatic carbocycles. The summed E-state index contributed by atoms with van der Waals surface area (Å²) in [5, 5.41) is 5.85. The average molecular weight is 238 g/mol. The minimum atomic E-state index is -0.535. The summed E-state index contributed by atoms with van der Waals surface area (Å²) < 4.78 is 1.59. The number of nitrogens with zero attached hydrogens (tertiary/aromatic N) is 1. The SMILES string of the molecule is CCNCCNC(=O)c1cc(C(N)=O)cn1C. The zero-order valence-electron chi connectivity index (χ0n) is 10.1. The van der Waals surface area contributed by atoms with Crippen molar-refractivity contribution in [2.24, 2.45) is 12.8 Å². The van der Waals surface area contributed by atoms with Crippen molar-refractivity contribution < 1.29 is 9.59 Å². The molecule has 0 unspecified atom stereocenters. The van der Waals surface area contributed by atoms with Gasteiger partial charge < -0.3 is 20.9 Å². The van der Waals surface area contributed by atoms with Crippen LogP contribution in [0.25, 0.3) is 0 Å². The van der Waals surface area contributed by atoms with Crippen LogP contribution < -0.4 is 16.4 Å². The molecular weight excluding hydrogens is 220 g/mol. The number of hydrogen-bond donors (Lipinski definition) is 3. The maximum atomic E-state index is 11.8. The number of rotatable bonds is 6. The van der Waals surface area contributed by atoms with E-state index in [9.17, 15) is 9.59 Å². The fraction of sp³-hybridized carbons (Fsp3) is 0.455. The zero-order chi connectivity index (χ0) is 12.8. The Labute approximate surface area is 100 Å². The van der Waals surface area contributed by atoms with E-state index in [4.69, 9.17) is 5.73 Å². The first kappa shape index (κ1) is 13.2. The average Bonchev–Trinajstić information content (AvgIpc) is 2.67. The van der Waals surface area contributed by atoms with Crippen molar-refractivity contribution in [1.82, 2.24) is 15.2 Å². The van der Waals surface area contributed by atoms with Crippen LogP contribution in [-0.4, -0.2) is 36.0 Å². The largest absolute Gasteiger partial charge is 0.366 e. The highest BCUT2D eigenvalue weighted by molar-refractivity contribution is 5.98. The number of primary amides is 1. The molecule has 0 aliphatic heterocycles. The number of hydrogen-bond acceptors (Lipinski definition) is 3. The Morgan fingerprint density at radius 2 is 2.12 bits per heavy atom. The fourth-order valence-electron chi connectivity index (χ4n) is 1.46. The van der Waals surface area contributed by atoms with Gasteiger partial charge in [-0.25, -0.2) is 0 Å². The number of likely N-dealkylation sites (N-methyl/N-ethyl adjacent to an activating group) is 1. The maximum absolute atomic E-state index is 11.8. The van der Waals surface area contributed by atoms with Crippen molar-refractivity contribution in [2.75, 3.05) is 19.6 Å². The molecule has 1 rings (SSSR count). The lowest BCUT2D eigenvalue weighted by molar-refractivity contribution is 0.0945. The van der Waals surface area contributed by atoms with Crippen molar-refractivity contribution in [3.8, 4) is 0 Å². The number of carbonyl (C=O) groups excluding carboxylic acids is 2. The molecule has 0 aliphatic carbocycles. The second kappa shape index (κ2) is 6.05. The molecule has 0 aliphatic rings. The van der Waals surface area contributed by atoms with Gasteiger partial charge in [-0.2, -0.15) is 0 Å². The monoisotopic (exact) mass is 238 g/mol. The number of aromatic nitrogens is 1. The van der Waals surface area contributed by atoms with E-state index in [1.807, 2.05) is 6.92 Å². The quantitative estimate of drug-likeness (QED) is 0.582. The Balaban J connectivity index is 2.59. The highest BCUT2D eigenvalue weighted by atomic mass is 16.2. The van der Waals surface area contributed by atoms with Crippen molar-refractivity contribution in [3.63, 3.8) is 0 Å². The third-order valence-electron chi connectivity index (χ3n) is 2.36. The Morgan fingerprint density at radius 3 is 2.65 bits per heavy atom. The highest BCUT2D eigenvalue weighted by Crippen LogP contribution is 2.06. The van der Waals surface area contributed by atoms with Gasteiger partial charge in [-0.3, -0.25) is 9.59 Å². The van der Waals surface area contributed by atoms with E-state index in [2.05, 4.69) is 10.6 Å². The van der Waals surface area contributed by atoms with Crippen molar-refractivity contribution >= 4 is 11.8 Å². The lowest BCUT2D eigenvalue weighted by Gasteiger charge is -2.05. The van der Waals surface area contributed by atoms with Crippen molar-refractivity contribution in [2.45, 2.75) is 6.92 Å². The summed E-state index contributed by atoms with van der Waals surface area (Å²) in [6.45, 7) is 4.13. The number of aryl methyl sites for hydroxylation is 1. The molecule has 4 N–H and O–H groups in total. The second-order valence-corrected chi connectivity index (χ2v) is 3.70. The predicted octanol–water partition coefficient (Wildman–Crippen LogP) is -0.537. The Morgan fingerprint density at radius 1 is 1.41 bits per heavy atom. The van der Waals surface area contributed by atoms with E-state index in [0.29, 0.717) is 17.8 Å². The third-order valence-corrected chi connectivity index (χ3v) is 2.36. The molecule has 2 amide bonds. The molecule has 0 saturated heterocycles. The summed E-state index contributed by atoms with van der Waals surface area (Å²) in [5.41, 5.74) is 5.91. The van der Waals surface area contributed by atoms with Crippen LogP contribution in [0.3, 0.4) is 0 Å². The van der Waals surface area contributed by atoms with Crippen molar-refractivity contribution in [3.05, 3.63) is 23.5 Å². The topological polar surface area (TPSA) is 89.2 Å². The highest BCUT2D eigenvalue weighted by Gasteiger charge is 2.13. The summed E-state index contributed by atoms with van der Waals surface area (Å²) in [6, 6.07) is 1.49. The molecule has 6 heteroatoms. The molecule has 94 valence electrons. The first-order valence-electron chi connectivity index (χ1n) is 5.51. The number of nitrogens with two attached hydrogens (primary N) is 1. The molecule has 0 radical (unpaired) electrons. The lowest BCUT2D eigenvalue weighted by Crippen LogP contribution is -2.32. The third kappa shape index (κ3) is 3.60. The van der Waals surface area contributed by atoms with Gasteiger partial charge in [0.2, 0.25) is 5.91 Å². The predicted molar refractivity (Wildman–Crippen MR) is 64.8 cm³/mol. The first-order chi connectivity index (χ1) is 8.06. The minimum absolute atomic E-state index is 0.210. The summed E-state index contributed by atoms with van der Waals surface area (Å²) >= 11 is 0. The van der Waals surface area contributed by atoms with Crippen LogP contribution in [0, 0.1) is 0 Å². The zero-order valence-corrected chi connectivity index (χ0v) is 10.1. The molecule has 6 nitrogen and oxygen atoms in total. The molecule has 1 aromatic rings. The van der Waals surface area contributed by atoms with Gasteiger partial charge in [-0.15, -0.1) is 0 Å². The Hall–Kier alpha value is -1.82. The van der Waals surface area contributed by atoms with Gasteiger partial charge in [-0.1, -0.05) is 6.92 Å². The van der Waals surface area contributed by atoms with E-state index in [-0.39, 0.29) is 5.91 Å². The molecule has 0 bridgehead atoms. The van der Waals surface area contributed by atoms with Crippen LogP contribution in [0.2, 0.25) is 0 Å². The molecule has 0 saturated carbocycles. The van der Waals surface area contributed by atoms with Crippen LogP contribution in [0.5, 0.6) is 0 Å². The van der Waals surface area contributed by atoms with Gasteiger partial charge in [-0.05, 0) is 12.6 Å². The number of carbonyl (C=O) groups is 2. The molecule has 0 spiro atoms. The van der Waals surface area contributed by atoms with Crippen LogP contribution in [0.4, 0.5) is 0 Å². The normalized spacial score (nSPS) is 10.2. The van der Waals surface area contributed by atoms with Crippen LogP contribution in [0.15, 0.2) is 12.3 Å². The van der Waals surface area contributed by atoms with Gasteiger partial charge >= 0.3 is 0 Å². The molecule has 1 heterocycles. The van der Waals surface area contributed by atoms with Gasteiger partial charge in [0.15, 0.2) is 0 Å². The lowest BCUT2D eigenvalue weighted by atomic mass is 10.3. The van der Waals surface area contributed by atoms with Gasteiger partial charge in [0, 0.05) is 26.3 Å². The number of nitrogens with one attached hydrogen (secondary N) is 2. The molecule has 1 aromatic heterocycles. The molecule has 0 atom stereocenters. The van der Waals surface area contributed by atoms with Gasteiger partial charge in [0.1, 0.15) is 5.69 Å². The second-order valence-electron chi connectivity index (χ2n) is 3.70. The fourth-order valence-corrected chi connectivity index (χ4v) is 1.46. The Bertz CT molecular complexity index is 412. The van der Waals surface area contributed by atoms with Gasteiger partial charge in [0.25, 0.3) is 5.91 Å². The standard InChI is InChI=1S/C11H18N4O2/c1-3-13-4-5-14-11(17)9-6-8(10(12)16)7-15(9)2/h6-7,13H,3-5H2,1-2H3,(H2,12,16)(H,14,17). The van der Waals surface area contributed by atoms with Crippen LogP contribution >= 0.6 is 0 Å². The van der Waals surface area contributed by atoms with Crippen molar-refractivity contribution in [1.29, 1.82) is 0 Å². The molecule has 17 heavy (non-hydrogen) atoms. The maximum Gasteiger partial charge on any atom is 0.267 e. The van der Waals surface area contributed by atoms with E-state index in [1.54, 1.807) is 17.8 Å². The van der Waals surface area contributed by atoms with Gasteiger partial charge in [0.05, 0.1) is 5.56 Å². The van der Waals surface area contributed by atoms with Crippen LogP contribution in [0.1, 0.15) is 27.8 Å². The smallest absolute Gasteiger partial charge is 0.267 e. The summed E-state index contributed by atoms with van der Waals surface area (Å²) in [6.07, 6.45) is 1.54. The Kier molecular flexibility index (Phi) is 4.71. The van der Waals surface area contributed by atoms with E-state index >= 15 is 0 Å². The van der Waals surface area contributed by atoms with E-state index in [0.717, 1.165) is 13.1 Å².